The second-order valence-electron chi connectivity index (χ2n) is 18.0. The molecule has 0 amide bonds. The molecule has 0 N–H and O–H groups in total. The normalized spacial score (nSPS) is 24.9. The van der Waals surface area contributed by atoms with Gasteiger partial charge in [0, 0.05) is 39.2 Å². The summed E-state index contributed by atoms with van der Waals surface area (Å²) >= 11 is 0. The van der Waals surface area contributed by atoms with Gasteiger partial charge >= 0.3 is 0 Å². The molecule has 4 atom stereocenters. The van der Waals surface area contributed by atoms with E-state index in [1.807, 2.05) is 0 Å². The van der Waals surface area contributed by atoms with Crippen molar-refractivity contribution in [2.75, 3.05) is 4.90 Å². The maximum Gasteiger partial charge on any atom is 0.137 e. The third kappa shape index (κ3) is 4.02. The number of hydrogen-bond acceptors (Lipinski definition) is 2. The first kappa shape index (κ1) is 32.3. The van der Waals surface area contributed by atoms with Crippen molar-refractivity contribution in [2.24, 2.45) is 29.1 Å². The molecule has 59 heavy (non-hydrogen) atoms. The van der Waals surface area contributed by atoms with E-state index in [0.717, 1.165) is 57.0 Å². The largest absolute Gasteiger partial charge is 0.456 e. The lowest BCUT2D eigenvalue weighted by Gasteiger charge is -2.92. The molecule has 0 radical (unpaired) electrons. The second kappa shape index (κ2) is 11.5. The van der Waals surface area contributed by atoms with Crippen LogP contribution in [0.4, 0.5) is 17.1 Å². The molecule has 2 nitrogen and oxygen atoms in total. The maximum absolute atomic E-state index is 6.54. The Bertz CT molecular complexity index is 3150. The van der Waals surface area contributed by atoms with Gasteiger partial charge in [0.05, 0.1) is 5.69 Å². The summed E-state index contributed by atoms with van der Waals surface area (Å²) in [6.45, 7) is 0. The number of nitrogens with zero attached hydrogens (tertiary/aromatic N) is 1. The van der Waals surface area contributed by atoms with E-state index in [4.69, 9.17) is 4.42 Å². The van der Waals surface area contributed by atoms with Crippen LogP contribution >= 0.6 is 0 Å². The molecule has 1 aromatic heterocycles. The molecule has 0 bridgehead atoms. The second-order valence-corrected chi connectivity index (χ2v) is 18.0. The number of hydrogen-bond donors (Lipinski definition) is 0. The highest BCUT2D eigenvalue weighted by Crippen LogP contribution is 2.95. The Morgan fingerprint density at radius 2 is 1.02 bits per heavy atom. The van der Waals surface area contributed by atoms with Gasteiger partial charge in [0.25, 0.3) is 0 Å². The fourth-order valence-corrected chi connectivity index (χ4v) is 13.6. The predicted octanol–water partition coefficient (Wildman–Crippen LogP) is 15.0. The molecule has 8 aromatic carbocycles. The van der Waals surface area contributed by atoms with Crippen LogP contribution in [0.2, 0.25) is 0 Å². The van der Waals surface area contributed by atoms with E-state index in [1.165, 1.54) is 69.5 Å². The van der Waals surface area contributed by atoms with Crippen molar-refractivity contribution in [2.45, 2.75) is 24.7 Å². The smallest absolute Gasteiger partial charge is 0.137 e. The van der Waals surface area contributed by atoms with Crippen LogP contribution in [0.3, 0.4) is 0 Å². The predicted molar refractivity (Wildman–Crippen MR) is 241 cm³/mol. The molecule has 14 rings (SSSR count). The quantitative estimate of drug-likeness (QED) is 0.168. The Morgan fingerprint density at radius 3 is 1.80 bits per heavy atom. The van der Waals surface area contributed by atoms with E-state index in [1.54, 1.807) is 11.1 Å². The van der Waals surface area contributed by atoms with Crippen LogP contribution in [0.1, 0.15) is 30.4 Å². The van der Waals surface area contributed by atoms with Crippen molar-refractivity contribution in [3.8, 4) is 44.5 Å². The molecule has 2 spiro atoms. The van der Waals surface area contributed by atoms with Crippen LogP contribution in [-0.4, -0.2) is 0 Å². The first-order chi connectivity index (χ1) is 29.2. The van der Waals surface area contributed by atoms with Crippen LogP contribution < -0.4 is 4.90 Å². The molecule has 4 unspecified atom stereocenters. The molecule has 5 aliphatic rings. The number of rotatable bonds is 6. The standard InChI is InChI=1S/C57H41NO/c1-3-11-35(12-4-1)37-19-21-38(22-20-37)44-15-7-9-17-51(44)58(43-24-27-47-46-16-8-10-18-52(46)59-53(47)34-43)42-25-28-49-48(33-42)45-26-23-39(36-13-5-2-6-14-36)29-50(45)57(49)54-31-40-30-41-32-55(57)56(40,41)54/h1-29,33-34,40-41,54-55H,30-32H2. The first-order valence-corrected chi connectivity index (χ1v) is 21.5. The van der Waals surface area contributed by atoms with Crippen molar-refractivity contribution in [1.82, 2.24) is 0 Å². The van der Waals surface area contributed by atoms with Gasteiger partial charge in [-0.3, -0.25) is 0 Å². The summed E-state index contributed by atoms with van der Waals surface area (Å²) < 4.78 is 6.54. The van der Waals surface area contributed by atoms with Crippen molar-refractivity contribution in [1.29, 1.82) is 0 Å². The maximum atomic E-state index is 6.54. The molecule has 4 fully saturated rings. The minimum absolute atomic E-state index is 0.123. The fourth-order valence-electron chi connectivity index (χ4n) is 13.6. The molecule has 0 saturated heterocycles. The molecule has 9 aromatic rings. The highest BCUT2D eigenvalue weighted by atomic mass is 16.3. The lowest BCUT2D eigenvalue weighted by molar-refractivity contribution is -0.412. The van der Waals surface area contributed by atoms with Crippen molar-refractivity contribution >= 4 is 39.0 Å². The molecule has 280 valence electrons. The number of benzene rings is 8. The molecule has 2 heteroatoms. The number of furan rings is 1. The van der Waals surface area contributed by atoms with Gasteiger partial charge in [-0.1, -0.05) is 140 Å². The summed E-state index contributed by atoms with van der Waals surface area (Å²) in [5.41, 5.74) is 19.4. The third-order valence-corrected chi connectivity index (χ3v) is 16.0. The fraction of sp³-hybridized carbons (Fsp3) is 0.158. The summed E-state index contributed by atoms with van der Waals surface area (Å²) in [4.78, 5) is 2.48. The van der Waals surface area contributed by atoms with Crippen LogP contribution in [0.5, 0.6) is 0 Å². The molecular weight excluding hydrogens is 715 g/mol. The average Bonchev–Trinajstić information content (AvgIpc) is 3.79. The van der Waals surface area contributed by atoms with Crippen LogP contribution in [0.25, 0.3) is 66.4 Å². The Hall–Kier alpha value is -6.64. The minimum Gasteiger partial charge on any atom is -0.456 e. The zero-order chi connectivity index (χ0) is 38.5. The Kier molecular flexibility index (Phi) is 6.31. The van der Waals surface area contributed by atoms with Gasteiger partial charge in [-0.15, -0.1) is 0 Å². The summed E-state index contributed by atoms with van der Waals surface area (Å²) in [5, 5.41) is 2.29. The molecule has 1 heterocycles. The molecule has 0 aliphatic heterocycles. The van der Waals surface area contributed by atoms with E-state index in [2.05, 4.69) is 193 Å². The topological polar surface area (TPSA) is 16.4 Å². The van der Waals surface area contributed by atoms with Gasteiger partial charge in [0.1, 0.15) is 11.2 Å². The van der Waals surface area contributed by atoms with Gasteiger partial charge in [0.2, 0.25) is 0 Å². The number of fused-ring (bicyclic) bond motifs is 10. The van der Waals surface area contributed by atoms with E-state index in [0.29, 0.717) is 5.41 Å². The molecule has 5 aliphatic carbocycles. The zero-order valence-electron chi connectivity index (χ0n) is 32.7. The van der Waals surface area contributed by atoms with Gasteiger partial charge in [-0.2, -0.15) is 0 Å². The highest BCUT2D eigenvalue weighted by molar-refractivity contribution is 6.06. The van der Waals surface area contributed by atoms with Gasteiger partial charge in [0.15, 0.2) is 0 Å². The Morgan fingerprint density at radius 1 is 0.407 bits per heavy atom. The number of anilines is 3. The molecular formula is C57H41NO. The lowest BCUT2D eigenvalue weighted by Crippen LogP contribution is -2.88. The van der Waals surface area contributed by atoms with E-state index in [9.17, 15) is 0 Å². The first-order valence-electron chi connectivity index (χ1n) is 21.5. The third-order valence-electron chi connectivity index (χ3n) is 16.0. The van der Waals surface area contributed by atoms with E-state index in [-0.39, 0.29) is 5.41 Å². The van der Waals surface area contributed by atoms with Crippen molar-refractivity contribution < 1.29 is 4.42 Å². The monoisotopic (exact) mass is 755 g/mol. The van der Waals surface area contributed by atoms with Crippen LogP contribution in [0.15, 0.2) is 192 Å². The minimum atomic E-state index is 0.123. The van der Waals surface area contributed by atoms with E-state index < -0.39 is 0 Å². The van der Waals surface area contributed by atoms with Crippen LogP contribution in [0, 0.1) is 29.1 Å². The van der Waals surface area contributed by atoms with Crippen molar-refractivity contribution in [3.05, 3.63) is 199 Å². The van der Waals surface area contributed by atoms with Gasteiger partial charge < -0.3 is 9.32 Å². The summed E-state index contributed by atoms with van der Waals surface area (Å²) in [6, 6.07) is 69.7. The zero-order valence-corrected chi connectivity index (χ0v) is 32.7. The lowest BCUT2D eigenvalue weighted by atomic mass is 9.11. The highest BCUT2D eigenvalue weighted by Gasteiger charge is 2.90. The van der Waals surface area contributed by atoms with Gasteiger partial charge in [-0.05, 0) is 141 Å². The SMILES string of the molecule is c1ccc(-c2ccc(-c3ccccc3N(c3ccc4c(c3)-c3ccc(-c5ccccc5)cc3C43C4CC5CC6CC3C564)c3ccc4c(c3)oc3ccccc34)cc2)cc1. The number of para-hydroxylation sites is 2. The summed E-state index contributed by atoms with van der Waals surface area (Å²) in [6.07, 6.45) is 4.26. The van der Waals surface area contributed by atoms with Crippen LogP contribution in [-0.2, 0) is 5.41 Å². The summed E-state index contributed by atoms with van der Waals surface area (Å²) in [5.74, 6) is 3.46. The van der Waals surface area contributed by atoms with Crippen molar-refractivity contribution in [3.63, 3.8) is 0 Å². The Balaban J connectivity index is 0.962. The Labute approximate surface area is 344 Å². The summed E-state index contributed by atoms with van der Waals surface area (Å²) in [7, 11) is 0. The van der Waals surface area contributed by atoms with Gasteiger partial charge in [-0.25, -0.2) is 0 Å². The average molecular weight is 756 g/mol. The van der Waals surface area contributed by atoms with E-state index >= 15 is 0 Å². The molecule has 4 saturated carbocycles.